The second-order valence-electron chi connectivity index (χ2n) is 2.52. The minimum atomic E-state index is -1.18. The molecule has 0 aliphatic heterocycles. The molecule has 0 saturated heterocycles. The lowest BCUT2D eigenvalue weighted by molar-refractivity contribution is -0.140. The van der Waals surface area contributed by atoms with E-state index < -0.39 is 30.6 Å². The fourth-order valence-electron chi connectivity index (χ4n) is 0.354. The summed E-state index contributed by atoms with van der Waals surface area (Å²) in [6, 6.07) is -1.13. The summed E-state index contributed by atoms with van der Waals surface area (Å²) in [5.74, 6) is -3.30. The highest BCUT2D eigenvalue weighted by Gasteiger charge is 2.07. The minimum absolute atomic E-state index is 0.313. The van der Waals surface area contributed by atoms with Crippen molar-refractivity contribution in [2.24, 2.45) is 5.73 Å². The first-order valence-electron chi connectivity index (χ1n) is 4.04. The van der Waals surface area contributed by atoms with E-state index in [9.17, 15) is 14.4 Å². The fourth-order valence-corrected chi connectivity index (χ4v) is 0.354. The molecule has 1 atom stereocenters. The molecule has 94 valence electrons. The summed E-state index contributed by atoms with van der Waals surface area (Å²) in [6.07, 6.45) is 0. The van der Waals surface area contributed by atoms with Crippen molar-refractivity contribution in [3.05, 3.63) is 0 Å². The third kappa shape index (κ3) is 14.8. The summed E-state index contributed by atoms with van der Waals surface area (Å²) in [5, 5.41) is 34.0. The third-order valence-corrected chi connectivity index (χ3v) is 1.07. The Morgan fingerprint density at radius 3 is 1.56 bits per heavy atom. The lowest BCUT2D eigenvalue weighted by Gasteiger charge is -1.96. The van der Waals surface area contributed by atoms with E-state index in [4.69, 9.17) is 26.2 Å². The Hall–Kier alpha value is -1.71. The second kappa shape index (κ2) is 9.83. The van der Waals surface area contributed by atoms with Crippen LogP contribution in [0, 0.1) is 0 Å². The van der Waals surface area contributed by atoms with Crippen LogP contribution in [0.15, 0.2) is 0 Å². The van der Waals surface area contributed by atoms with Crippen molar-refractivity contribution < 1.29 is 34.8 Å². The molecule has 7 N–H and O–H groups in total. The number of hydrogen-bond acceptors (Lipinski definition) is 6. The van der Waals surface area contributed by atoms with E-state index in [0.29, 0.717) is 0 Å². The zero-order chi connectivity index (χ0) is 13.1. The molecule has 0 aromatic heterocycles. The van der Waals surface area contributed by atoms with Gasteiger partial charge in [0.1, 0.15) is 6.04 Å². The number of carbonyl (C=O) groups is 3. The molecule has 0 heterocycles. The first-order valence-corrected chi connectivity index (χ1v) is 4.04. The van der Waals surface area contributed by atoms with Crippen molar-refractivity contribution in [3.8, 4) is 0 Å². The first kappa shape index (κ1) is 16.7. The van der Waals surface area contributed by atoms with Gasteiger partial charge in [-0.25, -0.2) is 0 Å². The maximum atomic E-state index is 9.73. The Morgan fingerprint density at radius 2 is 1.44 bits per heavy atom. The van der Waals surface area contributed by atoms with Crippen LogP contribution in [0.1, 0.15) is 0 Å². The highest BCUT2D eigenvalue weighted by molar-refractivity contribution is 5.73. The Bertz CT molecular complexity index is 229. The molecule has 0 radical (unpaired) electrons. The summed E-state index contributed by atoms with van der Waals surface area (Å²) < 4.78 is 0. The van der Waals surface area contributed by atoms with Crippen LogP contribution in [0.2, 0.25) is 0 Å². The number of rotatable bonds is 6. The summed E-state index contributed by atoms with van der Waals surface area (Å²) in [5.41, 5.74) is 4.77. The lowest BCUT2D eigenvalue weighted by Crippen LogP contribution is -2.33. The standard InChI is InChI=1S/C4H7NO4.C3H7NO3/c6-3(7)1-5-2-4(8)9;4-2(1-5)3(6)7/h5H,1-2H2,(H,6,7)(H,8,9);2,5H,1,4H2,(H,6,7). The van der Waals surface area contributed by atoms with E-state index >= 15 is 0 Å². The Morgan fingerprint density at radius 1 is 1.06 bits per heavy atom. The maximum Gasteiger partial charge on any atom is 0.322 e. The zero-order valence-corrected chi connectivity index (χ0v) is 8.29. The Labute approximate surface area is 90.5 Å². The van der Waals surface area contributed by atoms with Crippen LogP contribution in [-0.4, -0.2) is 64.1 Å². The molecular weight excluding hydrogens is 224 g/mol. The largest absolute Gasteiger partial charge is 0.480 e. The van der Waals surface area contributed by atoms with Crippen molar-refractivity contribution in [1.82, 2.24) is 5.32 Å². The molecule has 9 heteroatoms. The van der Waals surface area contributed by atoms with Crippen LogP contribution in [0.4, 0.5) is 0 Å². The van der Waals surface area contributed by atoms with Crippen molar-refractivity contribution in [2.45, 2.75) is 6.04 Å². The molecular formula is C7H14N2O7. The van der Waals surface area contributed by atoms with Crippen molar-refractivity contribution >= 4 is 17.9 Å². The van der Waals surface area contributed by atoms with Gasteiger partial charge in [0.25, 0.3) is 0 Å². The summed E-state index contributed by atoms with van der Waals surface area (Å²) in [6.45, 7) is -1.13. The predicted octanol–water partition coefficient (Wildman–Crippen LogP) is -2.86. The second-order valence-corrected chi connectivity index (χ2v) is 2.52. The minimum Gasteiger partial charge on any atom is -0.480 e. The SMILES string of the molecule is NC(CO)C(=O)O.O=C(O)CNCC(=O)O. The van der Waals surface area contributed by atoms with Gasteiger partial charge < -0.3 is 26.2 Å². The van der Waals surface area contributed by atoms with Gasteiger partial charge >= 0.3 is 17.9 Å². The summed E-state index contributed by atoms with van der Waals surface area (Å²) >= 11 is 0. The molecule has 0 spiro atoms. The van der Waals surface area contributed by atoms with Crippen molar-refractivity contribution in [1.29, 1.82) is 0 Å². The van der Waals surface area contributed by atoms with Gasteiger partial charge in [0.05, 0.1) is 19.7 Å². The van der Waals surface area contributed by atoms with Crippen LogP contribution in [0.25, 0.3) is 0 Å². The number of aliphatic hydroxyl groups is 1. The number of aliphatic carboxylic acids is 3. The maximum absolute atomic E-state index is 9.73. The van der Waals surface area contributed by atoms with E-state index in [0.717, 1.165) is 0 Å². The number of carboxylic acids is 3. The molecule has 0 amide bonds. The van der Waals surface area contributed by atoms with Crippen LogP contribution >= 0.6 is 0 Å². The number of aliphatic hydroxyl groups excluding tert-OH is 1. The van der Waals surface area contributed by atoms with Crippen molar-refractivity contribution in [3.63, 3.8) is 0 Å². The van der Waals surface area contributed by atoms with Gasteiger partial charge in [-0.05, 0) is 0 Å². The van der Waals surface area contributed by atoms with Gasteiger partial charge in [-0.15, -0.1) is 0 Å². The van der Waals surface area contributed by atoms with Gasteiger partial charge in [0, 0.05) is 0 Å². The van der Waals surface area contributed by atoms with Gasteiger partial charge in [-0.1, -0.05) is 0 Å². The zero-order valence-electron chi connectivity index (χ0n) is 8.29. The Kier molecular flexibility index (Phi) is 10.3. The molecule has 0 aromatic rings. The normalized spacial score (nSPS) is 10.9. The van der Waals surface area contributed by atoms with E-state index in [1.165, 1.54) is 0 Å². The van der Waals surface area contributed by atoms with E-state index in [1.54, 1.807) is 0 Å². The quantitative estimate of drug-likeness (QED) is 0.284. The van der Waals surface area contributed by atoms with Crippen LogP contribution in [0.3, 0.4) is 0 Å². The highest BCUT2D eigenvalue weighted by Crippen LogP contribution is 1.71. The molecule has 0 fully saturated rings. The van der Waals surface area contributed by atoms with Gasteiger partial charge in [-0.3, -0.25) is 19.7 Å². The Balaban J connectivity index is 0. The first-order chi connectivity index (χ1) is 7.31. The average Bonchev–Trinajstić information content (AvgIpc) is 2.16. The third-order valence-electron chi connectivity index (χ3n) is 1.07. The monoisotopic (exact) mass is 238 g/mol. The summed E-state index contributed by atoms with van der Waals surface area (Å²) in [7, 11) is 0. The fraction of sp³-hybridized carbons (Fsp3) is 0.571. The topological polar surface area (TPSA) is 170 Å². The average molecular weight is 238 g/mol. The predicted molar refractivity (Wildman–Crippen MR) is 50.8 cm³/mol. The van der Waals surface area contributed by atoms with E-state index in [-0.39, 0.29) is 13.1 Å². The smallest absolute Gasteiger partial charge is 0.322 e. The van der Waals surface area contributed by atoms with Gasteiger partial charge in [0.2, 0.25) is 0 Å². The van der Waals surface area contributed by atoms with E-state index in [1.807, 2.05) is 0 Å². The molecule has 0 aliphatic rings. The van der Waals surface area contributed by atoms with Gasteiger partial charge in [-0.2, -0.15) is 0 Å². The van der Waals surface area contributed by atoms with Crippen molar-refractivity contribution in [2.75, 3.05) is 19.7 Å². The van der Waals surface area contributed by atoms with E-state index in [2.05, 4.69) is 5.32 Å². The molecule has 0 rings (SSSR count). The summed E-state index contributed by atoms with van der Waals surface area (Å²) in [4.78, 5) is 29.1. The van der Waals surface area contributed by atoms with Crippen LogP contribution in [-0.2, 0) is 14.4 Å². The van der Waals surface area contributed by atoms with Crippen LogP contribution < -0.4 is 11.1 Å². The number of nitrogens with two attached hydrogens (primary N) is 1. The number of nitrogens with one attached hydrogen (secondary N) is 1. The molecule has 9 nitrogen and oxygen atoms in total. The highest BCUT2D eigenvalue weighted by atomic mass is 16.4. The number of carboxylic acid groups (broad SMARTS) is 3. The van der Waals surface area contributed by atoms with Gasteiger partial charge in [0.15, 0.2) is 0 Å². The molecule has 0 aliphatic carbocycles. The number of hydrogen-bond donors (Lipinski definition) is 6. The molecule has 0 saturated carbocycles. The van der Waals surface area contributed by atoms with Crippen LogP contribution in [0.5, 0.6) is 0 Å². The lowest BCUT2D eigenvalue weighted by atomic mass is 10.3. The molecule has 0 bridgehead atoms. The molecule has 1 unspecified atom stereocenters. The molecule has 16 heavy (non-hydrogen) atoms. The molecule has 0 aromatic carbocycles.